The third-order valence-electron chi connectivity index (χ3n) is 1.92. The van der Waals surface area contributed by atoms with Crippen molar-refractivity contribution in [1.29, 1.82) is 5.26 Å². The van der Waals surface area contributed by atoms with Gasteiger partial charge in [-0.3, -0.25) is 10.1 Å². The van der Waals surface area contributed by atoms with Crippen LogP contribution in [0.25, 0.3) is 0 Å². The second-order valence-corrected chi connectivity index (χ2v) is 6.01. The predicted molar refractivity (Wildman–Crippen MR) is 63.5 cm³/mol. The van der Waals surface area contributed by atoms with Crippen LogP contribution < -0.4 is 0 Å². The molecule has 0 radical (unpaired) electrons. The Balaban J connectivity index is 3.74. The summed E-state index contributed by atoms with van der Waals surface area (Å²) in [5, 5.41) is 19.5. The Morgan fingerprint density at radius 3 is 2.47 bits per heavy atom. The molecule has 0 fully saturated rings. The Bertz CT molecular complexity index is 623. The number of nitriles is 1. The van der Waals surface area contributed by atoms with E-state index in [-0.39, 0.29) is 16.5 Å². The summed E-state index contributed by atoms with van der Waals surface area (Å²) >= 11 is 3.01. The molecule has 1 aromatic rings. The van der Waals surface area contributed by atoms with E-state index >= 15 is 0 Å². The van der Waals surface area contributed by atoms with Crippen LogP contribution in [-0.2, 0) is 14.4 Å². The average Bonchev–Trinajstić information content (AvgIpc) is 2.25. The Hall–Kier alpha value is -1.17. The summed E-state index contributed by atoms with van der Waals surface area (Å²) < 4.78 is 22.5. The van der Waals surface area contributed by atoms with Crippen molar-refractivity contribution < 1.29 is 13.3 Å². The summed E-state index contributed by atoms with van der Waals surface area (Å²) in [5.41, 5.74) is -0.492. The molecule has 1 aromatic carbocycles. The minimum atomic E-state index is -4.15. The van der Waals surface area contributed by atoms with Crippen LogP contribution in [0.4, 0.5) is 5.69 Å². The molecule has 0 saturated heterocycles. The summed E-state index contributed by atoms with van der Waals surface area (Å²) in [6, 6.07) is 3.53. The summed E-state index contributed by atoms with van der Waals surface area (Å²) in [5.74, 6) is 0. The van der Waals surface area contributed by atoms with E-state index in [1.165, 1.54) is 0 Å². The first-order valence-electron chi connectivity index (χ1n) is 4.03. The molecule has 90 valence electrons. The Morgan fingerprint density at radius 1 is 1.53 bits per heavy atom. The van der Waals surface area contributed by atoms with Gasteiger partial charge in [-0.1, -0.05) is 15.9 Å². The standard InChI is InChI=1S/C8H4BrClN2O4S/c9-3-7-5(4-11)1-6(12(13)14)2-8(7)17(10,15)16/h1-2H,3H2. The Kier molecular flexibility index (Phi) is 4.08. The molecule has 0 unspecified atom stereocenters. The molecule has 0 aromatic heterocycles. The van der Waals surface area contributed by atoms with Gasteiger partial charge in [-0.15, -0.1) is 0 Å². The maximum atomic E-state index is 11.3. The van der Waals surface area contributed by atoms with E-state index in [0.717, 1.165) is 12.1 Å². The Morgan fingerprint density at radius 2 is 2.12 bits per heavy atom. The lowest BCUT2D eigenvalue weighted by Gasteiger charge is -2.05. The van der Waals surface area contributed by atoms with Crippen LogP contribution in [0.3, 0.4) is 0 Å². The van der Waals surface area contributed by atoms with Gasteiger partial charge in [0, 0.05) is 33.7 Å². The highest BCUT2D eigenvalue weighted by Gasteiger charge is 2.23. The third kappa shape index (κ3) is 2.94. The second-order valence-electron chi connectivity index (χ2n) is 2.91. The van der Waals surface area contributed by atoms with Crippen molar-refractivity contribution in [2.75, 3.05) is 0 Å². The van der Waals surface area contributed by atoms with E-state index in [4.69, 9.17) is 15.9 Å². The molecule has 0 amide bonds. The smallest absolute Gasteiger partial charge is 0.258 e. The monoisotopic (exact) mass is 338 g/mol. The van der Waals surface area contributed by atoms with E-state index in [2.05, 4.69) is 15.9 Å². The van der Waals surface area contributed by atoms with Gasteiger partial charge >= 0.3 is 0 Å². The lowest BCUT2D eigenvalue weighted by molar-refractivity contribution is -0.385. The first-order valence-corrected chi connectivity index (χ1v) is 7.46. The minimum Gasteiger partial charge on any atom is -0.258 e. The highest BCUT2D eigenvalue weighted by atomic mass is 79.9. The van der Waals surface area contributed by atoms with Gasteiger partial charge in [-0.2, -0.15) is 5.26 Å². The number of halogens is 2. The summed E-state index contributed by atoms with van der Waals surface area (Å²) in [4.78, 5) is 9.38. The zero-order valence-electron chi connectivity index (χ0n) is 8.05. The number of hydrogen-bond acceptors (Lipinski definition) is 5. The largest absolute Gasteiger partial charge is 0.272 e. The van der Waals surface area contributed by atoms with Gasteiger partial charge in [0.05, 0.1) is 21.5 Å². The van der Waals surface area contributed by atoms with E-state index in [1.54, 1.807) is 6.07 Å². The summed E-state index contributed by atoms with van der Waals surface area (Å²) in [7, 11) is 1.02. The molecule has 0 N–H and O–H groups in total. The molecule has 17 heavy (non-hydrogen) atoms. The fourth-order valence-corrected chi connectivity index (χ4v) is 3.13. The number of alkyl halides is 1. The van der Waals surface area contributed by atoms with E-state index in [0.29, 0.717) is 0 Å². The van der Waals surface area contributed by atoms with Gasteiger partial charge in [0.25, 0.3) is 14.7 Å². The molecular weight excluding hydrogens is 336 g/mol. The maximum Gasteiger partial charge on any atom is 0.272 e. The quantitative estimate of drug-likeness (QED) is 0.364. The number of nitro benzene ring substituents is 1. The molecule has 1 rings (SSSR count). The predicted octanol–water partition coefficient (Wildman–Crippen LogP) is 2.29. The van der Waals surface area contributed by atoms with Crippen molar-refractivity contribution in [3.63, 3.8) is 0 Å². The zero-order valence-corrected chi connectivity index (χ0v) is 11.2. The van der Waals surface area contributed by atoms with Crippen LogP contribution in [0.15, 0.2) is 17.0 Å². The fraction of sp³-hybridized carbons (Fsp3) is 0.125. The first-order chi connectivity index (χ1) is 7.81. The van der Waals surface area contributed by atoms with Crippen molar-refractivity contribution in [3.05, 3.63) is 33.4 Å². The highest BCUT2D eigenvalue weighted by molar-refractivity contribution is 9.08. The zero-order chi connectivity index (χ0) is 13.2. The van der Waals surface area contributed by atoms with Gasteiger partial charge in [0.1, 0.15) is 0 Å². The maximum absolute atomic E-state index is 11.3. The lowest BCUT2D eigenvalue weighted by atomic mass is 10.1. The highest BCUT2D eigenvalue weighted by Crippen LogP contribution is 2.29. The van der Waals surface area contributed by atoms with Crippen molar-refractivity contribution >= 4 is 41.4 Å². The van der Waals surface area contributed by atoms with Gasteiger partial charge in [0.2, 0.25) is 0 Å². The third-order valence-corrected chi connectivity index (χ3v) is 3.87. The van der Waals surface area contributed by atoms with Crippen molar-refractivity contribution in [3.8, 4) is 6.07 Å². The molecule has 0 bridgehead atoms. The Labute approximate surface area is 110 Å². The van der Waals surface area contributed by atoms with Gasteiger partial charge < -0.3 is 0 Å². The molecule has 0 aliphatic rings. The van der Waals surface area contributed by atoms with Crippen molar-refractivity contribution in [2.24, 2.45) is 0 Å². The summed E-state index contributed by atoms with van der Waals surface area (Å²) in [6.45, 7) is 0. The molecule has 0 aliphatic heterocycles. The molecule has 0 spiro atoms. The van der Waals surface area contributed by atoms with Crippen LogP contribution in [0.1, 0.15) is 11.1 Å². The molecule has 0 saturated carbocycles. The van der Waals surface area contributed by atoms with Crippen LogP contribution in [0.5, 0.6) is 0 Å². The molecule has 0 aliphatic carbocycles. The topological polar surface area (TPSA) is 101 Å². The number of non-ortho nitro benzene ring substituents is 1. The van der Waals surface area contributed by atoms with Gasteiger partial charge in [-0.05, 0) is 0 Å². The molecular formula is C8H4BrClN2O4S. The molecule has 0 atom stereocenters. The minimum absolute atomic E-state index is 0.0508. The normalized spacial score (nSPS) is 10.9. The summed E-state index contributed by atoms with van der Waals surface area (Å²) in [6.07, 6.45) is 0. The molecule has 6 nitrogen and oxygen atoms in total. The van der Waals surface area contributed by atoms with Crippen molar-refractivity contribution in [1.82, 2.24) is 0 Å². The van der Waals surface area contributed by atoms with Crippen molar-refractivity contribution in [2.45, 2.75) is 10.2 Å². The number of benzene rings is 1. The number of hydrogen-bond donors (Lipinski definition) is 0. The van der Waals surface area contributed by atoms with E-state index < -0.39 is 24.6 Å². The van der Waals surface area contributed by atoms with Gasteiger partial charge in [-0.25, -0.2) is 8.42 Å². The fourth-order valence-electron chi connectivity index (χ4n) is 1.19. The first kappa shape index (κ1) is 13.9. The molecule has 0 heterocycles. The lowest BCUT2D eigenvalue weighted by Crippen LogP contribution is -2.02. The number of nitro groups is 1. The van der Waals surface area contributed by atoms with Gasteiger partial charge in [0.15, 0.2) is 0 Å². The average molecular weight is 340 g/mol. The van der Waals surface area contributed by atoms with Crippen LogP contribution in [-0.4, -0.2) is 13.3 Å². The van der Waals surface area contributed by atoms with Crippen LogP contribution in [0, 0.1) is 21.4 Å². The molecule has 9 heteroatoms. The number of rotatable bonds is 3. The number of nitrogens with zero attached hydrogens (tertiary/aromatic N) is 2. The van der Waals surface area contributed by atoms with Crippen LogP contribution >= 0.6 is 26.6 Å². The van der Waals surface area contributed by atoms with Crippen LogP contribution in [0.2, 0.25) is 0 Å². The SMILES string of the molecule is N#Cc1cc([N+](=O)[O-])cc(S(=O)(=O)Cl)c1CBr. The van der Waals surface area contributed by atoms with E-state index in [9.17, 15) is 18.5 Å². The van der Waals surface area contributed by atoms with E-state index in [1.807, 2.05) is 0 Å². The second kappa shape index (κ2) is 5.00.